The summed E-state index contributed by atoms with van der Waals surface area (Å²) in [6.07, 6.45) is 7.88. The Hall–Kier alpha value is -5.80. The van der Waals surface area contributed by atoms with Crippen molar-refractivity contribution in [1.82, 2.24) is 14.5 Å². The Morgan fingerprint density at radius 2 is 1.25 bits per heavy atom. The van der Waals surface area contributed by atoms with Gasteiger partial charge in [0.25, 0.3) is 0 Å². The summed E-state index contributed by atoms with van der Waals surface area (Å²) in [4.78, 5) is 9.94. The lowest BCUT2D eigenvalue weighted by Crippen LogP contribution is -1.98. The Bertz CT molecular complexity index is 2130. The molecule has 0 N–H and O–H groups in total. The molecule has 2 aromatic heterocycles. The Morgan fingerprint density at radius 3 is 1.93 bits per heavy atom. The standard InChI is InChI=1S/C41H31N3/c1-3-5-14-29(4-2)37-28-38(43-41(42-37)31-15-7-6-8-16-31)33-18-13-17-32(27-33)30-23-25-34(26-24-30)44-39-21-11-9-19-35(39)36-20-10-12-22-40(36)44/h3-28H,2H2,1H3. The quantitative estimate of drug-likeness (QED) is 0.180. The van der Waals surface area contributed by atoms with E-state index in [0.29, 0.717) is 5.82 Å². The molecule has 0 fully saturated rings. The molecule has 0 amide bonds. The summed E-state index contributed by atoms with van der Waals surface area (Å²) in [5.41, 5.74) is 10.5. The predicted octanol–water partition coefficient (Wildman–Crippen LogP) is 10.7. The zero-order valence-corrected chi connectivity index (χ0v) is 24.6. The van der Waals surface area contributed by atoms with E-state index < -0.39 is 0 Å². The Kier molecular flexibility index (Phi) is 7.27. The van der Waals surface area contributed by atoms with Crippen LogP contribution in [0.1, 0.15) is 12.6 Å². The van der Waals surface area contributed by atoms with Crippen LogP contribution in [0.4, 0.5) is 0 Å². The number of benzene rings is 5. The van der Waals surface area contributed by atoms with Crippen molar-refractivity contribution in [3.8, 4) is 39.5 Å². The molecule has 0 bridgehead atoms. The minimum atomic E-state index is 0.687. The van der Waals surface area contributed by atoms with Gasteiger partial charge in [-0.25, -0.2) is 9.97 Å². The van der Waals surface area contributed by atoms with Crippen LogP contribution in [0.2, 0.25) is 0 Å². The number of hydrogen-bond acceptors (Lipinski definition) is 2. The van der Waals surface area contributed by atoms with Crippen LogP contribution in [0, 0.1) is 0 Å². The fraction of sp³-hybridized carbons (Fsp3) is 0.0244. The fourth-order valence-corrected chi connectivity index (χ4v) is 5.78. The van der Waals surface area contributed by atoms with E-state index in [0.717, 1.165) is 44.9 Å². The van der Waals surface area contributed by atoms with Crippen molar-refractivity contribution < 1.29 is 0 Å². The third kappa shape index (κ3) is 5.05. The summed E-state index contributed by atoms with van der Waals surface area (Å²) < 4.78 is 2.34. The maximum absolute atomic E-state index is 5.02. The van der Waals surface area contributed by atoms with Crippen LogP contribution in [0.25, 0.3) is 66.8 Å². The molecular weight excluding hydrogens is 534 g/mol. The molecule has 44 heavy (non-hydrogen) atoms. The highest BCUT2D eigenvalue weighted by molar-refractivity contribution is 6.09. The van der Waals surface area contributed by atoms with E-state index in [4.69, 9.17) is 9.97 Å². The van der Waals surface area contributed by atoms with Gasteiger partial charge in [0.1, 0.15) is 0 Å². The third-order valence-corrected chi connectivity index (χ3v) is 7.94. The second kappa shape index (κ2) is 11.8. The van der Waals surface area contributed by atoms with E-state index in [1.807, 2.05) is 67.6 Å². The average molecular weight is 566 g/mol. The number of nitrogens with zero attached hydrogens (tertiary/aromatic N) is 3. The topological polar surface area (TPSA) is 30.7 Å². The summed E-state index contributed by atoms with van der Waals surface area (Å²) in [7, 11) is 0. The number of aromatic nitrogens is 3. The maximum atomic E-state index is 5.02. The van der Waals surface area contributed by atoms with E-state index in [1.165, 1.54) is 21.8 Å². The Labute approximate surface area is 257 Å². The van der Waals surface area contributed by atoms with Crippen molar-refractivity contribution >= 4 is 27.4 Å². The molecule has 0 aliphatic carbocycles. The molecule has 2 heterocycles. The molecular formula is C41H31N3. The zero-order valence-electron chi connectivity index (χ0n) is 24.6. The van der Waals surface area contributed by atoms with Crippen molar-refractivity contribution in [3.63, 3.8) is 0 Å². The number of hydrogen-bond donors (Lipinski definition) is 0. The fourth-order valence-electron chi connectivity index (χ4n) is 5.78. The average Bonchev–Trinajstić information content (AvgIpc) is 3.43. The molecule has 0 atom stereocenters. The molecule has 210 valence electrons. The van der Waals surface area contributed by atoms with Crippen molar-refractivity contribution in [2.24, 2.45) is 0 Å². The van der Waals surface area contributed by atoms with Gasteiger partial charge in [0, 0.05) is 27.6 Å². The lowest BCUT2D eigenvalue weighted by molar-refractivity contribution is 1.16. The van der Waals surface area contributed by atoms with Gasteiger partial charge in [-0.2, -0.15) is 0 Å². The molecule has 0 aliphatic rings. The molecule has 7 rings (SSSR count). The van der Waals surface area contributed by atoms with Crippen LogP contribution in [0.15, 0.2) is 164 Å². The summed E-state index contributed by atoms with van der Waals surface area (Å²) in [6, 6.07) is 46.8. The SMILES string of the molecule is C=CC(=CC=CC)c1cc(-c2cccc(-c3ccc(-n4c5ccccc5c5ccccc54)cc3)c2)nc(-c2ccccc2)n1. The van der Waals surface area contributed by atoms with Crippen LogP contribution < -0.4 is 0 Å². The molecule has 0 radical (unpaired) electrons. The van der Waals surface area contributed by atoms with Gasteiger partial charge in [-0.1, -0.05) is 128 Å². The first kappa shape index (κ1) is 27.1. The van der Waals surface area contributed by atoms with Crippen molar-refractivity contribution in [2.75, 3.05) is 0 Å². The third-order valence-electron chi connectivity index (χ3n) is 7.94. The molecule has 3 heteroatoms. The largest absolute Gasteiger partial charge is 0.309 e. The lowest BCUT2D eigenvalue weighted by atomic mass is 10.00. The van der Waals surface area contributed by atoms with Crippen LogP contribution >= 0.6 is 0 Å². The van der Waals surface area contributed by atoms with E-state index in [2.05, 4.69) is 108 Å². The van der Waals surface area contributed by atoms with Gasteiger partial charge in [-0.3, -0.25) is 0 Å². The summed E-state index contributed by atoms with van der Waals surface area (Å²) >= 11 is 0. The highest BCUT2D eigenvalue weighted by Gasteiger charge is 2.13. The van der Waals surface area contributed by atoms with Gasteiger partial charge in [0.05, 0.1) is 22.4 Å². The predicted molar refractivity (Wildman–Crippen MR) is 186 cm³/mol. The van der Waals surface area contributed by atoms with E-state index in [9.17, 15) is 0 Å². The molecule has 0 spiro atoms. The highest BCUT2D eigenvalue weighted by Crippen LogP contribution is 2.33. The Balaban J connectivity index is 1.29. The Morgan fingerprint density at radius 1 is 0.614 bits per heavy atom. The van der Waals surface area contributed by atoms with Crippen LogP contribution in [0.3, 0.4) is 0 Å². The number of fused-ring (bicyclic) bond motifs is 3. The maximum Gasteiger partial charge on any atom is 0.160 e. The summed E-state index contributed by atoms with van der Waals surface area (Å²) in [5, 5.41) is 2.53. The first-order chi connectivity index (χ1) is 21.7. The van der Waals surface area contributed by atoms with E-state index in [1.54, 1.807) is 0 Å². The van der Waals surface area contributed by atoms with Gasteiger partial charge in [-0.05, 0) is 60.0 Å². The van der Waals surface area contributed by atoms with Gasteiger partial charge >= 0.3 is 0 Å². The van der Waals surface area contributed by atoms with Crippen LogP contribution in [-0.2, 0) is 0 Å². The highest BCUT2D eigenvalue weighted by atomic mass is 15.0. The molecule has 0 aliphatic heterocycles. The summed E-state index contributed by atoms with van der Waals surface area (Å²) in [5.74, 6) is 0.687. The van der Waals surface area contributed by atoms with Gasteiger partial charge in [0.15, 0.2) is 5.82 Å². The van der Waals surface area contributed by atoms with E-state index in [-0.39, 0.29) is 0 Å². The monoisotopic (exact) mass is 565 g/mol. The first-order valence-corrected chi connectivity index (χ1v) is 14.8. The van der Waals surface area contributed by atoms with Gasteiger partial charge < -0.3 is 4.57 Å². The first-order valence-electron chi connectivity index (χ1n) is 14.8. The second-order valence-corrected chi connectivity index (χ2v) is 10.7. The minimum Gasteiger partial charge on any atom is -0.309 e. The van der Waals surface area contributed by atoms with E-state index >= 15 is 0 Å². The minimum absolute atomic E-state index is 0.687. The molecule has 0 saturated carbocycles. The number of allylic oxidation sites excluding steroid dienone is 5. The zero-order chi connectivity index (χ0) is 29.9. The molecule has 0 unspecified atom stereocenters. The normalized spacial score (nSPS) is 11.9. The second-order valence-electron chi connectivity index (χ2n) is 10.7. The van der Waals surface area contributed by atoms with Gasteiger partial charge in [0.2, 0.25) is 0 Å². The molecule has 7 aromatic rings. The lowest BCUT2D eigenvalue weighted by Gasteiger charge is -2.12. The molecule has 3 nitrogen and oxygen atoms in total. The van der Waals surface area contributed by atoms with Crippen LogP contribution in [0.5, 0.6) is 0 Å². The van der Waals surface area contributed by atoms with Crippen LogP contribution in [-0.4, -0.2) is 14.5 Å². The number of rotatable bonds is 7. The smallest absolute Gasteiger partial charge is 0.160 e. The molecule has 5 aromatic carbocycles. The number of para-hydroxylation sites is 2. The summed E-state index contributed by atoms with van der Waals surface area (Å²) in [6.45, 7) is 6.04. The van der Waals surface area contributed by atoms with Crippen molar-refractivity contribution in [2.45, 2.75) is 6.92 Å². The molecule has 0 saturated heterocycles. The van der Waals surface area contributed by atoms with Crippen molar-refractivity contribution in [1.29, 1.82) is 0 Å². The van der Waals surface area contributed by atoms with Gasteiger partial charge in [-0.15, -0.1) is 0 Å². The van der Waals surface area contributed by atoms with Crippen molar-refractivity contribution in [3.05, 3.63) is 170 Å².